The van der Waals surface area contributed by atoms with E-state index in [1.165, 1.54) is 6.07 Å². The number of halogens is 2. The Morgan fingerprint density at radius 1 is 1.39 bits per heavy atom. The number of amides is 1. The van der Waals surface area contributed by atoms with Gasteiger partial charge in [-0.15, -0.1) is 0 Å². The predicted octanol–water partition coefficient (Wildman–Crippen LogP) is 1.70. The standard InChI is InChI=1S/C12H10F2N2O2/c13-7-1-2-11(9(14)5-7)16-12(17)8-6-18-4-3-10(8)15-16/h1-2,5,8H,3-4,6H2. The Kier molecular flexibility index (Phi) is 2.59. The smallest absolute Gasteiger partial charge is 0.258 e. The zero-order chi connectivity index (χ0) is 12.7. The van der Waals surface area contributed by atoms with Crippen molar-refractivity contribution in [3.8, 4) is 0 Å². The molecular formula is C12H10F2N2O2. The summed E-state index contributed by atoms with van der Waals surface area (Å²) in [5, 5.41) is 5.11. The van der Waals surface area contributed by atoms with Crippen LogP contribution in [0.5, 0.6) is 0 Å². The molecule has 2 aliphatic heterocycles. The van der Waals surface area contributed by atoms with Gasteiger partial charge in [0.05, 0.1) is 18.9 Å². The van der Waals surface area contributed by atoms with Crippen LogP contribution in [0.2, 0.25) is 0 Å². The largest absolute Gasteiger partial charge is 0.380 e. The molecule has 0 spiro atoms. The Hall–Kier alpha value is -1.82. The molecule has 1 atom stereocenters. The van der Waals surface area contributed by atoms with Crippen LogP contribution in [0.3, 0.4) is 0 Å². The number of hydrazone groups is 1. The minimum absolute atomic E-state index is 0.0247. The fourth-order valence-electron chi connectivity index (χ4n) is 2.13. The number of carbonyl (C=O) groups excluding carboxylic acids is 1. The quantitative estimate of drug-likeness (QED) is 0.763. The van der Waals surface area contributed by atoms with Gasteiger partial charge in [0.1, 0.15) is 17.4 Å². The maximum absolute atomic E-state index is 13.6. The van der Waals surface area contributed by atoms with Gasteiger partial charge < -0.3 is 4.74 Å². The first-order valence-corrected chi connectivity index (χ1v) is 5.61. The number of fused-ring (bicyclic) bond motifs is 1. The van der Waals surface area contributed by atoms with Crippen molar-refractivity contribution in [3.05, 3.63) is 29.8 Å². The first-order valence-electron chi connectivity index (χ1n) is 5.61. The van der Waals surface area contributed by atoms with Gasteiger partial charge in [-0.25, -0.2) is 8.78 Å². The first kappa shape index (κ1) is 11.3. The molecule has 0 saturated carbocycles. The van der Waals surface area contributed by atoms with E-state index in [4.69, 9.17) is 4.74 Å². The third-order valence-corrected chi connectivity index (χ3v) is 3.06. The lowest BCUT2D eigenvalue weighted by molar-refractivity contribution is -0.121. The van der Waals surface area contributed by atoms with Crippen molar-refractivity contribution in [2.24, 2.45) is 11.0 Å². The summed E-state index contributed by atoms with van der Waals surface area (Å²) >= 11 is 0. The Morgan fingerprint density at radius 3 is 2.94 bits per heavy atom. The van der Waals surface area contributed by atoms with E-state index in [1.807, 2.05) is 0 Å². The maximum Gasteiger partial charge on any atom is 0.258 e. The van der Waals surface area contributed by atoms with Crippen molar-refractivity contribution in [3.63, 3.8) is 0 Å². The van der Waals surface area contributed by atoms with Crippen LogP contribution in [0, 0.1) is 17.6 Å². The zero-order valence-corrected chi connectivity index (χ0v) is 9.40. The molecule has 1 aromatic carbocycles. The summed E-state index contributed by atoms with van der Waals surface area (Å²) in [6.07, 6.45) is 0.565. The Bertz CT molecular complexity index is 545. The summed E-state index contributed by atoms with van der Waals surface area (Å²) in [5.41, 5.74) is 0.679. The summed E-state index contributed by atoms with van der Waals surface area (Å²) < 4.78 is 31.7. The highest BCUT2D eigenvalue weighted by atomic mass is 19.1. The van der Waals surface area contributed by atoms with Gasteiger partial charge in [-0.2, -0.15) is 10.1 Å². The van der Waals surface area contributed by atoms with Gasteiger partial charge in [0.15, 0.2) is 5.82 Å². The molecule has 0 radical (unpaired) electrons. The molecule has 1 aromatic rings. The van der Waals surface area contributed by atoms with E-state index in [0.29, 0.717) is 18.7 Å². The summed E-state index contributed by atoms with van der Waals surface area (Å²) in [4.78, 5) is 12.0. The summed E-state index contributed by atoms with van der Waals surface area (Å²) in [7, 11) is 0. The molecule has 18 heavy (non-hydrogen) atoms. The fourth-order valence-corrected chi connectivity index (χ4v) is 2.13. The van der Waals surface area contributed by atoms with Crippen molar-refractivity contribution in [2.75, 3.05) is 18.2 Å². The molecule has 1 fully saturated rings. The van der Waals surface area contributed by atoms with Crippen molar-refractivity contribution in [1.29, 1.82) is 0 Å². The monoisotopic (exact) mass is 252 g/mol. The van der Waals surface area contributed by atoms with Gasteiger partial charge in [-0.1, -0.05) is 0 Å². The van der Waals surface area contributed by atoms with Crippen LogP contribution in [-0.2, 0) is 9.53 Å². The van der Waals surface area contributed by atoms with Gasteiger partial charge in [0.2, 0.25) is 0 Å². The molecule has 3 rings (SSSR count). The summed E-state index contributed by atoms with van der Waals surface area (Å²) in [6, 6.07) is 3.05. The molecule has 2 heterocycles. The van der Waals surface area contributed by atoms with Gasteiger partial charge in [-0.05, 0) is 12.1 Å². The highest BCUT2D eigenvalue weighted by Gasteiger charge is 2.39. The van der Waals surface area contributed by atoms with Crippen LogP contribution in [-0.4, -0.2) is 24.8 Å². The number of anilines is 1. The average molecular weight is 252 g/mol. The zero-order valence-electron chi connectivity index (χ0n) is 9.40. The number of ether oxygens (including phenoxy) is 1. The van der Waals surface area contributed by atoms with Crippen LogP contribution in [0.4, 0.5) is 14.5 Å². The minimum atomic E-state index is -0.799. The van der Waals surface area contributed by atoms with E-state index in [9.17, 15) is 13.6 Å². The number of rotatable bonds is 1. The Labute approximate surface area is 102 Å². The second-order valence-corrected chi connectivity index (χ2v) is 4.21. The Balaban J connectivity index is 1.97. The molecule has 0 aliphatic carbocycles. The first-order chi connectivity index (χ1) is 8.66. The highest BCUT2D eigenvalue weighted by molar-refractivity contribution is 6.15. The predicted molar refractivity (Wildman–Crippen MR) is 60.2 cm³/mol. The van der Waals surface area contributed by atoms with E-state index in [1.54, 1.807) is 0 Å². The topological polar surface area (TPSA) is 41.9 Å². The maximum atomic E-state index is 13.6. The van der Waals surface area contributed by atoms with Crippen LogP contribution in [0.1, 0.15) is 6.42 Å². The minimum Gasteiger partial charge on any atom is -0.380 e. The van der Waals surface area contributed by atoms with Crippen LogP contribution >= 0.6 is 0 Å². The lowest BCUT2D eigenvalue weighted by atomic mass is 10.0. The number of nitrogens with zero attached hydrogens (tertiary/aromatic N) is 2. The molecule has 0 bridgehead atoms. The van der Waals surface area contributed by atoms with E-state index >= 15 is 0 Å². The fraction of sp³-hybridized carbons (Fsp3) is 0.333. The van der Waals surface area contributed by atoms with Gasteiger partial charge in [-0.3, -0.25) is 4.79 Å². The highest BCUT2D eigenvalue weighted by Crippen LogP contribution is 2.29. The molecular weight excluding hydrogens is 242 g/mol. The van der Waals surface area contributed by atoms with Crippen LogP contribution in [0.15, 0.2) is 23.3 Å². The molecule has 0 N–H and O–H groups in total. The average Bonchev–Trinajstić information content (AvgIpc) is 2.68. The Morgan fingerprint density at radius 2 is 2.22 bits per heavy atom. The third-order valence-electron chi connectivity index (χ3n) is 3.06. The lowest BCUT2D eigenvalue weighted by Crippen LogP contribution is -2.34. The number of hydrogen-bond acceptors (Lipinski definition) is 3. The molecule has 4 nitrogen and oxygen atoms in total. The molecule has 6 heteroatoms. The number of carbonyl (C=O) groups is 1. The second kappa shape index (κ2) is 4.13. The summed E-state index contributed by atoms with van der Waals surface area (Å²) in [5.74, 6) is -2.23. The van der Waals surface area contributed by atoms with Crippen LogP contribution < -0.4 is 5.01 Å². The molecule has 1 unspecified atom stereocenters. The van der Waals surface area contributed by atoms with Crippen molar-refractivity contribution in [1.82, 2.24) is 0 Å². The van der Waals surface area contributed by atoms with E-state index in [-0.39, 0.29) is 18.2 Å². The molecule has 1 saturated heterocycles. The van der Waals surface area contributed by atoms with Gasteiger partial charge >= 0.3 is 0 Å². The molecule has 0 aromatic heterocycles. The molecule has 2 aliphatic rings. The van der Waals surface area contributed by atoms with Crippen molar-refractivity contribution >= 4 is 17.3 Å². The van der Waals surface area contributed by atoms with Gasteiger partial charge in [0, 0.05) is 12.5 Å². The van der Waals surface area contributed by atoms with E-state index in [0.717, 1.165) is 17.1 Å². The SMILES string of the molecule is O=C1C2COCCC2=NN1c1ccc(F)cc1F. The van der Waals surface area contributed by atoms with Crippen molar-refractivity contribution in [2.45, 2.75) is 6.42 Å². The molecule has 94 valence electrons. The van der Waals surface area contributed by atoms with E-state index < -0.39 is 17.6 Å². The number of benzene rings is 1. The lowest BCUT2D eigenvalue weighted by Gasteiger charge is -2.17. The van der Waals surface area contributed by atoms with Gasteiger partial charge in [0.25, 0.3) is 5.91 Å². The third kappa shape index (κ3) is 1.69. The number of hydrogen-bond donors (Lipinski definition) is 0. The molecule has 1 amide bonds. The van der Waals surface area contributed by atoms with Crippen LogP contribution in [0.25, 0.3) is 0 Å². The normalized spacial score (nSPS) is 23.0. The second-order valence-electron chi connectivity index (χ2n) is 4.21. The van der Waals surface area contributed by atoms with Crippen molar-refractivity contribution < 1.29 is 18.3 Å². The van der Waals surface area contributed by atoms with E-state index in [2.05, 4.69) is 5.10 Å². The summed E-state index contributed by atoms with van der Waals surface area (Å²) in [6.45, 7) is 0.791.